The molecule has 4 heterocycles. The van der Waals surface area contributed by atoms with Crippen molar-refractivity contribution in [3.63, 3.8) is 0 Å². The molecule has 0 amide bonds. The van der Waals surface area contributed by atoms with Crippen LogP contribution in [-0.4, -0.2) is 74.0 Å². The number of nitrogens with zero attached hydrogens (tertiary/aromatic N) is 3. The Labute approximate surface area is 191 Å². The number of ketones is 1. The molecule has 170 valence electrons. The molecule has 0 aliphatic carbocycles. The average molecular weight is 434 g/mol. The molecular weight excluding hydrogens is 398 g/mol. The Hall–Kier alpha value is -2.37. The van der Waals surface area contributed by atoms with E-state index in [4.69, 9.17) is 4.74 Å². The van der Waals surface area contributed by atoms with Gasteiger partial charge in [-0.1, -0.05) is 36.4 Å². The summed E-state index contributed by atoms with van der Waals surface area (Å²) in [5.74, 6) is 2.24. The zero-order valence-corrected chi connectivity index (χ0v) is 19.4. The third-order valence-corrected chi connectivity index (χ3v) is 8.03. The molecule has 2 unspecified atom stereocenters. The first-order chi connectivity index (χ1) is 15.6. The van der Waals surface area contributed by atoms with Gasteiger partial charge in [-0.2, -0.15) is 0 Å². The molecular formula is C27H35N3O2. The zero-order valence-electron chi connectivity index (χ0n) is 19.4. The summed E-state index contributed by atoms with van der Waals surface area (Å²) in [5.41, 5.74) is 2.40. The van der Waals surface area contributed by atoms with Crippen molar-refractivity contribution in [1.82, 2.24) is 9.80 Å². The average Bonchev–Trinajstić information content (AvgIpc) is 3.37. The van der Waals surface area contributed by atoms with E-state index in [2.05, 4.69) is 77.3 Å². The van der Waals surface area contributed by atoms with Crippen LogP contribution in [0.1, 0.15) is 37.2 Å². The molecule has 0 aromatic heterocycles. The number of carbonyl (C=O) groups excluding carboxylic acids is 1. The van der Waals surface area contributed by atoms with Gasteiger partial charge in [0.2, 0.25) is 0 Å². The van der Waals surface area contributed by atoms with Crippen molar-refractivity contribution in [3.05, 3.63) is 60.2 Å². The number of hydrogen-bond acceptors (Lipinski definition) is 5. The molecule has 5 nitrogen and oxygen atoms in total. The normalized spacial score (nSPS) is 26.8. The molecule has 4 aliphatic heterocycles. The fourth-order valence-electron chi connectivity index (χ4n) is 6.04. The van der Waals surface area contributed by atoms with Crippen molar-refractivity contribution in [2.45, 2.75) is 43.2 Å². The Morgan fingerprint density at radius 3 is 2.41 bits per heavy atom. The summed E-state index contributed by atoms with van der Waals surface area (Å²) in [6.45, 7) is 4.99. The highest BCUT2D eigenvalue weighted by Crippen LogP contribution is 2.41. The number of fused-ring (bicyclic) bond motifs is 3. The molecule has 4 aliphatic rings. The predicted octanol–water partition coefficient (Wildman–Crippen LogP) is 3.80. The van der Waals surface area contributed by atoms with Crippen LogP contribution in [0.3, 0.4) is 0 Å². The van der Waals surface area contributed by atoms with Gasteiger partial charge in [0.1, 0.15) is 17.9 Å². The number of likely N-dealkylation sites (N-methyl/N-ethyl adjacent to an activating group) is 1. The number of carbonyl (C=O) groups is 1. The van der Waals surface area contributed by atoms with E-state index in [0.29, 0.717) is 24.2 Å². The molecule has 2 atom stereocenters. The summed E-state index contributed by atoms with van der Waals surface area (Å²) >= 11 is 0. The SMILES string of the molecule is CN1CCC2(CC1)C(=O)CCN2c1ccccc1.CN1CCC2c3ccccc3OCC21. The lowest BCUT2D eigenvalue weighted by molar-refractivity contribution is -0.123. The largest absolute Gasteiger partial charge is 0.492 e. The molecule has 0 bridgehead atoms. The van der Waals surface area contributed by atoms with Crippen molar-refractivity contribution < 1.29 is 9.53 Å². The second kappa shape index (κ2) is 8.87. The Morgan fingerprint density at radius 1 is 0.906 bits per heavy atom. The predicted molar refractivity (Wildman–Crippen MR) is 129 cm³/mol. The van der Waals surface area contributed by atoms with E-state index < -0.39 is 0 Å². The summed E-state index contributed by atoms with van der Waals surface area (Å²) < 4.78 is 5.77. The third-order valence-electron chi connectivity index (χ3n) is 8.03. The van der Waals surface area contributed by atoms with E-state index in [1.54, 1.807) is 0 Å². The van der Waals surface area contributed by atoms with Gasteiger partial charge in [-0.05, 0) is 63.7 Å². The molecule has 2 aromatic rings. The van der Waals surface area contributed by atoms with E-state index in [1.165, 1.54) is 24.2 Å². The van der Waals surface area contributed by atoms with Gasteiger partial charge in [-0.3, -0.25) is 9.69 Å². The molecule has 3 fully saturated rings. The summed E-state index contributed by atoms with van der Waals surface area (Å²) in [6, 6.07) is 19.5. The summed E-state index contributed by atoms with van der Waals surface area (Å²) in [6.07, 6.45) is 3.93. The number of Topliss-reactive ketones (excluding diaryl/α,β-unsaturated/α-hetero) is 1. The fourth-order valence-corrected chi connectivity index (χ4v) is 6.04. The van der Waals surface area contributed by atoms with Crippen LogP contribution >= 0.6 is 0 Å². The van der Waals surface area contributed by atoms with Crippen molar-refractivity contribution in [3.8, 4) is 5.75 Å². The van der Waals surface area contributed by atoms with Gasteiger partial charge in [0.05, 0.1) is 6.04 Å². The van der Waals surface area contributed by atoms with E-state index in [1.807, 2.05) is 6.07 Å². The Bertz CT molecular complexity index is 939. The lowest BCUT2D eigenvalue weighted by atomic mass is 9.84. The van der Waals surface area contributed by atoms with E-state index in [9.17, 15) is 4.79 Å². The maximum Gasteiger partial charge on any atom is 0.160 e. The van der Waals surface area contributed by atoms with E-state index in [-0.39, 0.29) is 5.54 Å². The molecule has 0 N–H and O–H groups in total. The van der Waals surface area contributed by atoms with Crippen molar-refractivity contribution in [1.29, 1.82) is 0 Å². The molecule has 6 rings (SSSR count). The lowest BCUT2D eigenvalue weighted by Crippen LogP contribution is -2.55. The minimum Gasteiger partial charge on any atom is -0.492 e. The standard InChI is InChI=1S/C15H20N2O.C12H15NO/c1-16-11-8-15(9-12-16)14(18)7-10-17(15)13-5-3-2-4-6-13;1-13-7-6-9-10-4-2-3-5-12(10)14-8-11(9)13/h2-6H,7-12H2,1H3;2-5,9,11H,6-8H2,1H3. The van der Waals surface area contributed by atoms with Crippen LogP contribution in [0.2, 0.25) is 0 Å². The topological polar surface area (TPSA) is 36.0 Å². The number of benzene rings is 2. The molecule has 1 spiro atoms. The minimum atomic E-state index is -0.214. The molecule has 5 heteroatoms. The summed E-state index contributed by atoms with van der Waals surface area (Å²) in [5, 5.41) is 0. The highest BCUT2D eigenvalue weighted by Gasteiger charge is 2.49. The van der Waals surface area contributed by atoms with Gasteiger partial charge in [-0.15, -0.1) is 0 Å². The first-order valence-corrected chi connectivity index (χ1v) is 12.0. The van der Waals surface area contributed by atoms with Crippen LogP contribution in [-0.2, 0) is 4.79 Å². The number of para-hydroxylation sites is 2. The van der Waals surface area contributed by atoms with Crippen LogP contribution in [0.4, 0.5) is 5.69 Å². The van der Waals surface area contributed by atoms with Gasteiger partial charge in [-0.25, -0.2) is 0 Å². The Morgan fingerprint density at radius 2 is 1.62 bits per heavy atom. The summed E-state index contributed by atoms with van der Waals surface area (Å²) in [7, 11) is 4.33. The Kier molecular flexibility index (Phi) is 5.95. The van der Waals surface area contributed by atoms with Crippen molar-refractivity contribution in [2.75, 3.05) is 51.8 Å². The number of anilines is 1. The zero-order chi connectivity index (χ0) is 22.1. The van der Waals surface area contributed by atoms with Crippen molar-refractivity contribution in [2.24, 2.45) is 0 Å². The minimum absolute atomic E-state index is 0.214. The second-order valence-electron chi connectivity index (χ2n) is 9.79. The third kappa shape index (κ3) is 3.82. The van der Waals surface area contributed by atoms with Crippen LogP contribution in [0.5, 0.6) is 5.75 Å². The number of rotatable bonds is 1. The van der Waals surface area contributed by atoms with Gasteiger partial charge >= 0.3 is 0 Å². The molecule has 2 aromatic carbocycles. The number of likely N-dealkylation sites (tertiary alicyclic amines) is 2. The highest BCUT2D eigenvalue weighted by molar-refractivity contribution is 5.95. The second-order valence-corrected chi connectivity index (χ2v) is 9.79. The van der Waals surface area contributed by atoms with E-state index >= 15 is 0 Å². The van der Waals surface area contributed by atoms with Gasteiger partial charge < -0.3 is 14.5 Å². The van der Waals surface area contributed by atoms with E-state index in [0.717, 1.165) is 44.8 Å². The monoisotopic (exact) mass is 433 g/mol. The van der Waals surface area contributed by atoms with Crippen LogP contribution in [0, 0.1) is 0 Å². The quantitative estimate of drug-likeness (QED) is 0.684. The first-order valence-electron chi connectivity index (χ1n) is 12.0. The molecule has 32 heavy (non-hydrogen) atoms. The highest BCUT2D eigenvalue weighted by atomic mass is 16.5. The smallest absolute Gasteiger partial charge is 0.160 e. The van der Waals surface area contributed by atoms with Crippen LogP contribution < -0.4 is 9.64 Å². The van der Waals surface area contributed by atoms with Crippen LogP contribution in [0.25, 0.3) is 0 Å². The number of ether oxygens (including phenoxy) is 1. The summed E-state index contributed by atoms with van der Waals surface area (Å²) in [4.78, 5) is 19.5. The molecule has 0 saturated carbocycles. The van der Waals surface area contributed by atoms with Gasteiger partial charge in [0, 0.05) is 37.7 Å². The first kappa shape index (κ1) is 21.5. The lowest BCUT2D eigenvalue weighted by Gasteiger charge is -2.43. The van der Waals surface area contributed by atoms with Gasteiger partial charge in [0.25, 0.3) is 0 Å². The number of piperidine rings is 1. The van der Waals surface area contributed by atoms with Crippen LogP contribution in [0.15, 0.2) is 54.6 Å². The fraction of sp³-hybridized carbons (Fsp3) is 0.519. The molecule has 3 saturated heterocycles. The maximum absolute atomic E-state index is 12.4. The molecule has 0 radical (unpaired) electrons. The Balaban J connectivity index is 0.000000139. The number of hydrogen-bond donors (Lipinski definition) is 0. The van der Waals surface area contributed by atoms with Gasteiger partial charge in [0.15, 0.2) is 5.78 Å². The van der Waals surface area contributed by atoms with Crippen molar-refractivity contribution >= 4 is 11.5 Å². The maximum atomic E-state index is 12.4.